The third-order valence-electron chi connectivity index (χ3n) is 3.33. The van der Waals surface area contributed by atoms with Crippen molar-refractivity contribution in [3.8, 4) is 0 Å². The molecule has 0 aliphatic rings. The predicted molar refractivity (Wildman–Crippen MR) is 78.4 cm³/mol. The SMILES string of the molecule is Cc1ccc(C(C)NC(=O)c2ccc(CN)o2)c(C)c1. The summed E-state index contributed by atoms with van der Waals surface area (Å²) in [6, 6.07) is 9.49. The molecule has 0 fully saturated rings. The van der Waals surface area contributed by atoms with Gasteiger partial charge >= 0.3 is 0 Å². The molecular weight excluding hydrogens is 252 g/mol. The van der Waals surface area contributed by atoms with Crippen LogP contribution in [0, 0.1) is 13.8 Å². The number of aryl methyl sites for hydroxylation is 2. The second-order valence-electron chi connectivity index (χ2n) is 5.03. The van der Waals surface area contributed by atoms with Crippen molar-refractivity contribution < 1.29 is 9.21 Å². The Hall–Kier alpha value is -2.07. The van der Waals surface area contributed by atoms with Gasteiger partial charge in [-0.2, -0.15) is 0 Å². The number of carbonyl (C=O) groups excluding carboxylic acids is 1. The van der Waals surface area contributed by atoms with Gasteiger partial charge in [0.2, 0.25) is 0 Å². The van der Waals surface area contributed by atoms with Crippen LogP contribution in [0.25, 0.3) is 0 Å². The Labute approximate surface area is 119 Å². The fraction of sp³-hybridized carbons (Fsp3) is 0.312. The minimum Gasteiger partial charge on any atom is -0.455 e. The van der Waals surface area contributed by atoms with Gasteiger partial charge in [0, 0.05) is 0 Å². The van der Waals surface area contributed by atoms with E-state index in [4.69, 9.17) is 10.2 Å². The van der Waals surface area contributed by atoms with Gasteiger partial charge in [-0.25, -0.2) is 0 Å². The molecule has 2 rings (SSSR count). The molecule has 20 heavy (non-hydrogen) atoms. The van der Waals surface area contributed by atoms with E-state index in [0.29, 0.717) is 18.1 Å². The lowest BCUT2D eigenvalue weighted by molar-refractivity contribution is 0.0910. The first kappa shape index (κ1) is 14.3. The zero-order valence-electron chi connectivity index (χ0n) is 12.1. The number of benzene rings is 1. The molecule has 1 heterocycles. The smallest absolute Gasteiger partial charge is 0.287 e. The number of hydrogen-bond acceptors (Lipinski definition) is 3. The highest BCUT2D eigenvalue weighted by molar-refractivity contribution is 5.91. The molecule has 0 saturated carbocycles. The molecule has 1 aromatic carbocycles. The van der Waals surface area contributed by atoms with Crippen LogP contribution in [0.5, 0.6) is 0 Å². The van der Waals surface area contributed by atoms with Crippen LogP contribution in [-0.4, -0.2) is 5.91 Å². The van der Waals surface area contributed by atoms with Crippen molar-refractivity contribution in [3.63, 3.8) is 0 Å². The van der Waals surface area contributed by atoms with E-state index in [1.54, 1.807) is 12.1 Å². The van der Waals surface area contributed by atoms with Gasteiger partial charge in [0.1, 0.15) is 5.76 Å². The molecule has 2 aromatic rings. The Balaban J connectivity index is 2.10. The summed E-state index contributed by atoms with van der Waals surface area (Å²) >= 11 is 0. The number of furan rings is 1. The molecule has 0 saturated heterocycles. The van der Waals surface area contributed by atoms with Gasteiger partial charge in [0.15, 0.2) is 5.76 Å². The number of amides is 1. The molecule has 0 bridgehead atoms. The largest absolute Gasteiger partial charge is 0.455 e. The predicted octanol–water partition coefficient (Wildman–Crippen LogP) is 2.85. The van der Waals surface area contributed by atoms with Crippen LogP contribution in [0.15, 0.2) is 34.7 Å². The quantitative estimate of drug-likeness (QED) is 0.899. The van der Waals surface area contributed by atoms with Gasteiger partial charge in [0.25, 0.3) is 5.91 Å². The second-order valence-corrected chi connectivity index (χ2v) is 5.03. The van der Waals surface area contributed by atoms with Crippen molar-refractivity contribution in [2.75, 3.05) is 0 Å². The maximum atomic E-state index is 12.1. The molecule has 1 amide bonds. The number of carbonyl (C=O) groups is 1. The monoisotopic (exact) mass is 272 g/mol. The number of nitrogens with one attached hydrogen (secondary N) is 1. The molecule has 1 aromatic heterocycles. The minimum absolute atomic E-state index is 0.0745. The first-order valence-electron chi connectivity index (χ1n) is 6.68. The van der Waals surface area contributed by atoms with Crippen LogP contribution < -0.4 is 11.1 Å². The van der Waals surface area contributed by atoms with Crippen molar-refractivity contribution in [2.24, 2.45) is 5.73 Å². The van der Waals surface area contributed by atoms with E-state index in [0.717, 1.165) is 5.56 Å². The number of hydrogen-bond donors (Lipinski definition) is 2. The summed E-state index contributed by atoms with van der Waals surface area (Å²) in [6.07, 6.45) is 0. The standard InChI is InChI=1S/C16H20N2O2/c1-10-4-6-14(11(2)8-10)12(3)18-16(19)15-7-5-13(9-17)20-15/h4-8,12H,9,17H2,1-3H3,(H,18,19). The summed E-state index contributed by atoms with van der Waals surface area (Å²) < 4.78 is 5.34. The molecule has 4 heteroatoms. The van der Waals surface area contributed by atoms with E-state index in [1.807, 2.05) is 26.0 Å². The highest BCUT2D eigenvalue weighted by Crippen LogP contribution is 2.19. The lowest BCUT2D eigenvalue weighted by Gasteiger charge is -2.16. The molecular formula is C16H20N2O2. The number of rotatable bonds is 4. The van der Waals surface area contributed by atoms with Crippen LogP contribution in [-0.2, 0) is 6.54 Å². The molecule has 0 spiro atoms. The lowest BCUT2D eigenvalue weighted by Crippen LogP contribution is -2.26. The third kappa shape index (κ3) is 3.08. The van der Waals surface area contributed by atoms with Gasteiger partial charge < -0.3 is 15.5 Å². The summed E-state index contributed by atoms with van der Waals surface area (Å²) in [6.45, 7) is 6.35. The van der Waals surface area contributed by atoms with Gasteiger partial charge in [0.05, 0.1) is 12.6 Å². The molecule has 4 nitrogen and oxygen atoms in total. The van der Waals surface area contributed by atoms with E-state index in [2.05, 4.69) is 18.3 Å². The normalized spacial score (nSPS) is 12.2. The summed E-state index contributed by atoms with van der Waals surface area (Å²) in [5.74, 6) is 0.675. The molecule has 0 aliphatic heterocycles. The summed E-state index contributed by atoms with van der Waals surface area (Å²) in [5.41, 5.74) is 8.95. The van der Waals surface area contributed by atoms with E-state index in [-0.39, 0.29) is 11.9 Å². The van der Waals surface area contributed by atoms with Crippen molar-refractivity contribution >= 4 is 5.91 Å². The Morgan fingerprint density at radius 3 is 2.65 bits per heavy atom. The highest BCUT2D eigenvalue weighted by Gasteiger charge is 2.15. The van der Waals surface area contributed by atoms with Crippen molar-refractivity contribution in [3.05, 3.63) is 58.5 Å². The van der Waals surface area contributed by atoms with Gasteiger partial charge in [-0.15, -0.1) is 0 Å². The van der Waals surface area contributed by atoms with Crippen LogP contribution in [0.2, 0.25) is 0 Å². The Bertz CT molecular complexity index is 617. The lowest BCUT2D eigenvalue weighted by atomic mass is 10.0. The zero-order valence-corrected chi connectivity index (χ0v) is 12.1. The fourth-order valence-electron chi connectivity index (χ4n) is 2.27. The maximum absolute atomic E-state index is 12.1. The minimum atomic E-state index is -0.225. The Morgan fingerprint density at radius 1 is 1.30 bits per heavy atom. The second kappa shape index (κ2) is 5.92. The van der Waals surface area contributed by atoms with E-state index < -0.39 is 0 Å². The highest BCUT2D eigenvalue weighted by atomic mass is 16.4. The van der Waals surface area contributed by atoms with Crippen LogP contribution in [0.4, 0.5) is 0 Å². The maximum Gasteiger partial charge on any atom is 0.287 e. The molecule has 1 atom stereocenters. The topological polar surface area (TPSA) is 68.3 Å². The van der Waals surface area contributed by atoms with Gasteiger partial charge in [-0.1, -0.05) is 23.8 Å². The molecule has 106 valence electrons. The summed E-state index contributed by atoms with van der Waals surface area (Å²) in [4.78, 5) is 12.1. The first-order valence-corrected chi connectivity index (χ1v) is 6.68. The molecule has 0 radical (unpaired) electrons. The third-order valence-corrected chi connectivity index (χ3v) is 3.33. The van der Waals surface area contributed by atoms with Crippen molar-refractivity contribution in [1.29, 1.82) is 0 Å². The summed E-state index contributed by atoms with van der Waals surface area (Å²) in [7, 11) is 0. The van der Waals surface area contributed by atoms with Gasteiger partial charge in [-0.05, 0) is 44.0 Å². The summed E-state index contributed by atoms with van der Waals surface area (Å²) in [5, 5.41) is 2.94. The van der Waals surface area contributed by atoms with E-state index in [1.165, 1.54) is 11.1 Å². The van der Waals surface area contributed by atoms with Crippen molar-refractivity contribution in [1.82, 2.24) is 5.32 Å². The average Bonchev–Trinajstić information content (AvgIpc) is 2.87. The Kier molecular flexibility index (Phi) is 4.25. The van der Waals surface area contributed by atoms with Crippen molar-refractivity contribution in [2.45, 2.75) is 33.4 Å². The van der Waals surface area contributed by atoms with Gasteiger partial charge in [-0.3, -0.25) is 4.79 Å². The molecule has 1 unspecified atom stereocenters. The number of nitrogens with two attached hydrogens (primary N) is 1. The molecule has 0 aliphatic carbocycles. The van der Waals surface area contributed by atoms with Crippen LogP contribution in [0.3, 0.4) is 0 Å². The van der Waals surface area contributed by atoms with E-state index >= 15 is 0 Å². The van der Waals surface area contributed by atoms with Crippen LogP contribution >= 0.6 is 0 Å². The van der Waals surface area contributed by atoms with Crippen LogP contribution in [0.1, 0.15) is 46.0 Å². The Morgan fingerprint density at radius 2 is 2.05 bits per heavy atom. The fourth-order valence-corrected chi connectivity index (χ4v) is 2.27. The van der Waals surface area contributed by atoms with E-state index in [9.17, 15) is 4.79 Å². The zero-order chi connectivity index (χ0) is 14.7. The first-order chi connectivity index (χ1) is 9.51. The molecule has 3 N–H and O–H groups in total. The average molecular weight is 272 g/mol.